The lowest BCUT2D eigenvalue weighted by Crippen LogP contribution is -2.24. The van der Waals surface area contributed by atoms with Crippen molar-refractivity contribution in [3.63, 3.8) is 0 Å². The molecule has 4 aromatic rings. The largest absolute Gasteiger partial charge is 0.494 e. The van der Waals surface area contributed by atoms with E-state index in [4.69, 9.17) is 9.26 Å². The molecule has 2 N–H and O–H groups in total. The van der Waals surface area contributed by atoms with E-state index >= 15 is 0 Å². The highest BCUT2D eigenvalue weighted by Gasteiger charge is 2.16. The van der Waals surface area contributed by atoms with Crippen molar-refractivity contribution in [3.8, 4) is 17.1 Å². The Morgan fingerprint density at radius 2 is 1.86 bits per heavy atom. The van der Waals surface area contributed by atoms with Gasteiger partial charge in [0.25, 0.3) is 0 Å². The van der Waals surface area contributed by atoms with Crippen molar-refractivity contribution in [1.29, 1.82) is 0 Å². The highest BCUT2D eigenvalue weighted by Crippen LogP contribution is 2.21. The van der Waals surface area contributed by atoms with Crippen molar-refractivity contribution in [2.24, 2.45) is 0 Å². The molecule has 2 aromatic heterocycles. The van der Waals surface area contributed by atoms with Crippen LogP contribution in [0.25, 0.3) is 11.4 Å². The Balaban J connectivity index is 1.29. The lowest BCUT2D eigenvalue weighted by atomic mass is 10.2. The first-order valence-electron chi connectivity index (χ1n) is 11.3. The molecule has 0 aliphatic heterocycles. The average molecular weight is 475 g/mol. The standard InChI is InChI=1S/C25H26N6O4/c1-3-34-21-10-8-18(9-11-21)24-29-23(35-30-24)13-12-22(32)27-19-6-4-7-20(16-19)28-25(33)17(2)31-15-5-14-26-31/h4-11,14-17H,3,12-13H2,1-2H3,(H,27,32)(H,28,33). The number of ether oxygens (including phenoxy) is 1. The van der Waals surface area contributed by atoms with Gasteiger partial charge in [0.05, 0.1) is 6.61 Å². The lowest BCUT2D eigenvalue weighted by molar-refractivity contribution is -0.119. The van der Waals surface area contributed by atoms with Gasteiger partial charge in [-0.1, -0.05) is 11.2 Å². The molecule has 0 saturated carbocycles. The first-order valence-corrected chi connectivity index (χ1v) is 11.3. The second kappa shape index (κ2) is 11.1. The van der Waals surface area contributed by atoms with E-state index in [-0.39, 0.29) is 18.2 Å². The number of hydrogen-bond donors (Lipinski definition) is 2. The van der Waals surface area contributed by atoms with Crippen LogP contribution in [0.4, 0.5) is 11.4 Å². The van der Waals surface area contributed by atoms with Gasteiger partial charge >= 0.3 is 0 Å². The summed E-state index contributed by atoms with van der Waals surface area (Å²) in [4.78, 5) is 29.3. The minimum absolute atomic E-state index is 0.165. The zero-order valence-electron chi connectivity index (χ0n) is 19.5. The Bertz CT molecular complexity index is 1270. The topological polar surface area (TPSA) is 124 Å². The lowest BCUT2D eigenvalue weighted by Gasteiger charge is -2.13. The summed E-state index contributed by atoms with van der Waals surface area (Å²) in [6.07, 6.45) is 3.81. The van der Waals surface area contributed by atoms with Crippen molar-refractivity contribution in [2.45, 2.75) is 32.7 Å². The number of rotatable bonds is 10. The van der Waals surface area contributed by atoms with Crippen molar-refractivity contribution >= 4 is 23.2 Å². The second-order valence-corrected chi connectivity index (χ2v) is 7.75. The Morgan fingerprint density at radius 3 is 2.57 bits per heavy atom. The van der Waals surface area contributed by atoms with Gasteiger partial charge in [-0.15, -0.1) is 0 Å². The van der Waals surface area contributed by atoms with Crippen molar-refractivity contribution in [3.05, 3.63) is 72.9 Å². The summed E-state index contributed by atoms with van der Waals surface area (Å²) in [6, 6.07) is 15.6. The maximum Gasteiger partial charge on any atom is 0.248 e. The number of nitrogens with one attached hydrogen (secondary N) is 2. The third-order valence-electron chi connectivity index (χ3n) is 5.17. The first-order chi connectivity index (χ1) is 17.0. The van der Waals surface area contributed by atoms with Crippen LogP contribution >= 0.6 is 0 Å². The molecule has 1 unspecified atom stereocenters. The third kappa shape index (κ3) is 6.32. The smallest absolute Gasteiger partial charge is 0.248 e. The molecule has 180 valence electrons. The summed E-state index contributed by atoms with van der Waals surface area (Å²) >= 11 is 0. The summed E-state index contributed by atoms with van der Waals surface area (Å²) < 4.78 is 12.3. The molecule has 10 nitrogen and oxygen atoms in total. The van der Waals surface area contributed by atoms with Gasteiger partial charge in [-0.2, -0.15) is 10.1 Å². The molecule has 35 heavy (non-hydrogen) atoms. The summed E-state index contributed by atoms with van der Waals surface area (Å²) in [5, 5.41) is 13.7. The number of benzene rings is 2. The van der Waals surface area contributed by atoms with Crippen LogP contribution in [0.15, 0.2) is 71.5 Å². The van der Waals surface area contributed by atoms with Gasteiger partial charge in [0.2, 0.25) is 23.5 Å². The Labute approximate surface area is 202 Å². The number of carbonyl (C=O) groups excluding carboxylic acids is 2. The number of aryl methyl sites for hydroxylation is 1. The number of amides is 2. The van der Waals surface area contributed by atoms with E-state index in [0.29, 0.717) is 36.1 Å². The number of aromatic nitrogens is 4. The zero-order chi connectivity index (χ0) is 24.6. The van der Waals surface area contributed by atoms with Gasteiger partial charge in [0, 0.05) is 42.2 Å². The summed E-state index contributed by atoms with van der Waals surface area (Å²) in [7, 11) is 0. The van der Waals surface area contributed by atoms with Gasteiger partial charge in [0.15, 0.2) is 0 Å². The normalized spacial score (nSPS) is 11.6. The van der Waals surface area contributed by atoms with Crippen molar-refractivity contribution < 1.29 is 18.8 Å². The van der Waals surface area contributed by atoms with E-state index in [1.165, 1.54) is 0 Å². The first kappa shape index (κ1) is 23.7. The molecule has 0 radical (unpaired) electrons. The molecule has 2 amide bonds. The van der Waals surface area contributed by atoms with Gasteiger partial charge in [-0.05, 0) is 62.4 Å². The van der Waals surface area contributed by atoms with Crippen LogP contribution in [0.1, 0.15) is 32.2 Å². The van der Waals surface area contributed by atoms with Crippen LogP contribution < -0.4 is 15.4 Å². The minimum Gasteiger partial charge on any atom is -0.494 e. The zero-order valence-corrected chi connectivity index (χ0v) is 19.5. The number of nitrogens with zero attached hydrogens (tertiary/aromatic N) is 4. The maximum absolute atomic E-state index is 12.5. The molecule has 0 bridgehead atoms. The Kier molecular flexibility index (Phi) is 7.51. The molecule has 1 atom stereocenters. The molecule has 10 heteroatoms. The molecule has 0 aliphatic rings. The van der Waals surface area contributed by atoms with E-state index in [0.717, 1.165) is 11.3 Å². The van der Waals surface area contributed by atoms with E-state index in [1.807, 2.05) is 31.2 Å². The Hall–Kier alpha value is -4.47. The monoisotopic (exact) mass is 474 g/mol. The predicted molar refractivity (Wildman–Crippen MR) is 130 cm³/mol. The Morgan fingerprint density at radius 1 is 1.09 bits per heavy atom. The van der Waals surface area contributed by atoms with Crippen LogP contribution in [0.3, 0.4) is 0 Å². The summed E-state index contributed by atoms with van der Waals surface area (Å²) in [5.41, 5.74) is 1.94. The average Bonchev–Trinajstić information content (AvgIpc) is 3.56. The molecule has 0 spiro atoms. The van der Waals surface area contributed by atoms with Gasteiger partial charge in [-0.3, -0.25) is 14.3 Å². The molecular weight excluding hydrogens is 448 g/mol. The van der Waals surface area contributed by atoms with Crippen LogP contribution in [0, 0.1) is 0 Å². The fraction of sp³-hybridized carbons (Fsp3) is 0.240. The van der Waals surface area contributed by atoms with Gasteiger partial charge in [-0.25, -0.2) is 0 Å². The molecule has 0 aliphatic carbocycles. The summed E-state index contributed by atoms with van der Waals surface area (Å²) in [6.45, 7) is 4.28. The van der Waals surface area contributed by atoms with Crippen LogP contribution in [0.5, 0.6) is 5.75 Å². The predicted octanol–water partition coefficient (Wildman–Crippen LogP) is 4.10. The minimum atomic E-state index is -0.467. The molecule has 0 fully saturated rings. The van der Waals surface area contributed by atoms with Gasteiger partial charge in [0.1, 0.15) is 11.8 Å². The van der Waals surface area contributed by atoms with Crippen LogP contribution in [-0.2, 0) is 16.0 Å². The molecular formula is C25H26N6O4. The van der Waals surface area contributed by atoms with E-state index in [9.17, 15) is 9.59 Å². The fourth-order valence-electron chi connectivity index (χ4n) is 3.34. The summed E-state index contributed by atoms with van der Waals surface area (Å²) in [5.74, 6) is 1.18. The van der Waals surface area contributed by atoms with Gasteiger partial charge < -0.3 is 19.9 Å². The highest BCUT2D eigenvalue weighted by molar-refractivity contribution is 5.95. The number of carbonyl (C=O) groups is 2. The molecule has 0 saturated heterocycles. The fourth-order valence-corrected chi connectivity index (χ4v) is 3.34. The van der Waals surface area contributed by atoms with E-state index < -0.39 is 6.04 Å². The van der Waals surface area contributed by atoms with E-state index in [1.54, 1.807) is 54.3 Å². The molecule has 2 aromatic carbocycles. The third-order valence-corrected chi connectivity index (χ3v) is 5.17. The molecule has 2 heterocycles. The van der Waals surface area contributed by atoms with Crippen molar-refractivity contribution in [1.82, 2.24) is 19.9 Å². The van der Waals surface area contributed by atoms with Crippen molar-refractivity contribution in [2.75, 3.05) is 17.2 Å². The van der Waals surface area contributed by atoms with Crippen LogP contribution in [-0.4, -0.2) is 38.3 Å². The second-order valence-electron chi connectivity index (χ2n) is 7.75. The SMILES string of the molecule is CCOc1ccc(-c2noc(CCC(=O)Nc3cccc(NC(=O)C(C)n4cccn4)c3)n2)cc1. The highest BCUT2D eigenvalue weighted by atomic mass is 16.5. The van der Waals surface area contributed by atoms with E-state index in [2.05, 4.69) is 25.9 Å². The molecule has 4 rings (SSSR count). The quantitative estimate of drug-likeness (QED) is 0.354. The maximum atomic E-state index is 12.5. The van der Waals surface area contributed by atoms with Crippen LogP contribution in [0.2, 0.25) is 0 Å². The number of hydrogen-bond acceptors (Lipinski definition) is 7. The number of anilines is 2.